The molecule has 0 fully saturated rings. The van der Waals surface area contributed by atoms with Gasteiger partial charge >= 0.3 is 6.18 Å². The molecule has 0 aliphatic carbocycles. The molecule has 0 bridgehead atoms. The summed E-state index contributed by atoms with van der Waals surface area (Å²) in [5, 5.41) is 0. The Bertz CT molecular complexity index is 604. The van der Waals surface area contributed by atoms with Gasteiger partial charge in [-0.05, 0) is 6.42 Å². The van der Waals surface area contributed by atoms with E-state index in [4.69, 9.17) is 0 Å². The lowest BCUT2D eigenvalue weighted by Gasteiger charge is -2.14. The maximum atomic E-state index is 12.6. The van der Waals surface area contributed by atoms with Crippen LogP contribution in [0.5, 0.6) is 0 Å². The van der Waals surface area contributed by atoms with Crippen LogP contribution in [-0.4, -0.2) is 24.2 Å². The fourth-order valence-electron chi connectivity index (χ4n) is 1.39. The van der Waals surface area contributed by atoms with E-state index < -0.39 is 32.3 Å². The fourth-order valence-corrected chi connectivity index (χ4v) is 2.06. The highest BCUT2D eigenvalue weighted by atomic mass is 32.2. The molecule has 0 atom stereocenters. The first kappa shape index (κ1) is 14.7. The lowest BCUT2D eigenvalue weighted by atomic mass is 10.4. The van der Waals surface area contributed by atoms with E-state index in [2.05, 4.69) is 4.98 Å². The molecule has 1 aromatic heterocycles. The van der Waals surface area contributed by atoms with Gasteiger partial charge in [0.25, 0.3) is 5.56 Å². The summed E-state index contributed by atoms with van der Waals surface area (Å²) in [6, 6.07) is 0. The van der Waals surface area contributed by atoms with Crippen molar-refractivity contribution in [3.05, 3.63) is 22.4 Å². The Morgan fingerprint density at radius 1 is 1.39 bits per heavy atom. The fraction of sp³-hybridized carbons (Fsp3) is 0.556. The number of rotatable bonds is 3. The average molecular weight is 284 g/mol. The van der Waals surface area contributed by atoms with Crippen LogP contribution in [0.15, 0.2) is 15.9 Å². The minimum Gasteiger partial charge on any atom is -0.288 e. The largest absolute Gasteiger partial charge is 0.449 e. The van der Waals surface area contributed by atoms with Crippen molar-refractivity contribution in [3.63, 3.8) is 0 Å². The number of nitrogens with zero attached hydrogens (tertiary/aromatic N) is 2. The third kappa shape index (κ3) is 2.89. The normalized spacial score (nSPS) is 12.7. The summed E-state index contributed by atoms with van der Waals surface area (Å²) in [6.45, 7) is 1.32. The van der Waals surface area contributed by atoms with Crippen molar-refractivity contribution in [1.29, 1.82) is 0 Å². The molecule has 0 saturated heterocycles. The molecule has 1 heterocycles. The van der Waals surface area contributed by atoms with E-state index in [-0.39, 0.29) is 13.0 Å². The van der Waals surface area contributed by atoms with E-state index in [1.807, 2.05) is 0 Å². The molecule has 0 unspecified atom stereocenters. The van der Waals surface area contributed by atoms with E-state index in [0.29, 0.717) is 10.8 Å². The minimum absolute atomic E-state index is 0.246. The van der Waals surface area contributed by atoms with Crippen molar-refractivity contribution >= 4 is 9.84 Å². The van der Waals surface area contributed by atoms with Crippen LogP contribution in [0.4, 0.5) is 13.2 Å². The predicted octanol–water partition coefficient (Wildman–Crippen LogP) is 1.08. The van der Waals surface area contributed by atoms with Gasteiger partial charge in [-0.2, -0.15) is 13.2 Å². The van der Waals surface area contributed by atoms with Gasteiger partial charge in [0.2, 0.25) is 5.82 Å². The van der Waals surface area contributed by atoms with Gasteiger partial charge in [0, 0.05) is 12.8 Å². The first-order valence-corrected chi connectivity index (χ1v) is 6.85. The first-order valence-electron chi connectivity index (χ1n) is 4.96. The smallest absolute Gasteiger partial charge is 0.288 e. The molecule has 0 aromatic carbocycles. The van der Waals surface area contributed by atoms with Gasteiger partial charge in [0.05, 0.1) is 6.20 Å². The molecule has 0 aliphatic heterocycles. The minimum atomic E-state index is -4.80. The van der Waals surface area contributed by atoms with Crippen LogP contribution < -0.4 is 5.56 Å². The molecular weight excluding hydrogens is 273 g/mol. The summed E-state index contributed by atoms with van der Waals surface area (Å²) in [6.07, 6.45) is -3.36. The highest BCUT2D eigenvalue weighted by Gasteiger charge is 2.37. The Hall–Kier alpha value is -1.38. The van der Waals surface area contributed by atoms with Crippen LogP contribution in [0, 0.1) is 0 Å². The molecule has 18 heavy (non-hydrogen) atoms. The summed E-state index contributed by atoms with van der Waals surface area (Å²) in [5.74, 6) is -1.39. The maximum Gasteiger partial charge on any atom is 0.449 e. The van der Waals surface area contributed by atoms with Crippen LogP contribution >= 0.6 is 0 Å². The van der Waals surface area contributed by atoms with Crippen LogP contribution in [0.25, 0.3) is 0 Å². The molecule has 0 aliphatic rings. The zero-order chi connectivity index (χ0) is 14.1. The SMILES string of the molecule is CCCn1c(C(F)(F)F)ncc(S(C)(=O)=O)c1=O. The van der Waals surface area contributed by atoms with Gasteiger partial charge in [0.15, 0.2) is 14.7 Å². The molecule has 5 nitrogen and oxygen atoms in total. The number of hydrogen-bond acceptors (Lipinski definition) is 4. The second-order valence-corrected chi connectivity index (χ2v) is 5.66. The molecule has 0 spiro atoms. The summed E-state index contributed by atoms with van der Waals surface area (Å²) < 4.78 is 60.6. The number of sulfone groups is 1. The standard InChI is InChI=1S/C9H11F3N2O3S/c1-3-4-14-7(15)6(18(2,16)17)5-13-8(14)9(10,11)12/h5H,3-4H2,1-2H3. The van der Waals surface area contributed by atoms with Crippen LogP contribution in [0.2, 0.25) is 0 Å². The Labute approximate surface area is 101 Å². The molecule has 102 valence electrons. The Kier molecular flexibility index (Phi) is 3.84. The Morgan fingerprint density at radius 3 is 2.33 bits per heavy atom. The number of hydrogen-bond donors (Lipinski definition) is 0. The molecular formula is C9H11F3N2O3S. The summed E-state index contributed by atoms with van der Waals surface area (Å²) in [4.78, 5) is 14.0. The van der Waals surface area contributed by atoms with Gasteiger partial charge < -0.3 is 0 Å². The third-order valence-corrected chi connectivity index (χ3v) is 3.19. The quantitative estimate of drug-likeness (QED) is 0.832. The number of halogens is 3. The average Bonchev–Trinajstić information content (AvgIpc) is 2.17. The molecule has 0 N–H and O–H groups in total. The number of alkyl halides is 3. The lowest BCUT2D eigenvalue weighted by molar-refractivity contribution is -0.148. The van der Waals surface area contributed by atoms with Crippen LogP contribution in [0.3, 0.4) is 0 Å². The highest BCUT2D eigenvalue weighted by Crippen LogP contribution is 2.27. The topological polar surface area (TPSA) is 69.0 Å². The van der Waals surface area contributed by atoms with Gasteiger partial charge in [-0.15, -0.1) is 0 Å². The second kappa shape index (κ2) is 4.71. The Balaban J connectivity index is 3.64. The maximum absolute atomic E-state index is 12.6. The van der Waals surface area contributed by atoms with Crippen molar-refractivity contribution < 1.29 is 21.6 Å². The monoisotopic (exact) mass is 284 g/mol. The van der Waals surface area contributed by atoms with Crippen molar-refractivity contribution in [3.8, 4) is 0 Å². The van der Waals surface area contributed by atoms with E-state index in [1.54, 1.807) is 6.92 Å². The van der Waals surface area contributed by atoms with Crippen molar-refractivity contribution in [1.82, 2.24) is 9.55 Å². The zero-order valence-electron chi connectivity index (χ0n) is 9.65. The highest BCUT2D eigenvalue weighted by molar-refractivity contribution is 7.90. The van der Waals surface area contributed by atoms with Crippen molar-refractivity contribution in [2.45, 2.75) is 31.0 Å². The van der Waals surface area contributed by atoms with E-state index >= 15 is 0 Å². The summed E-state index contributed by atoms with van der Waals surface area (Å²) in [5.41, 5.74) is -1.19. The zero-order valence-corrected chi connectivity index (χ0v) is 10.5. The second-order valence-electron chi connectivity index (χ2n) is 3.67. The van der Waals surface area contributed by atoms with Crippen molar-refractivity contribution in [2.24, 2.45) is 0 Å². The molecule has 1 aromatic rings. The summed E-state index contributed by atoms with van der Waals surface area (Å²) >= 11 is 0. The van der Waals surface area contributed by atoms with E-state index in [9.17, 15) is 26.4 Å². The molecule has 9 heteroatoms. The molecule has 0 radical (unpaired) electrons. The van der Waals surface area contributed by atoms with Crippen LogP contribution in [-0.2, 0) is 22.6 Å². The Morgan fingerprint density at radius 2 is 1.94 bits per heavy atom. The van der Waals surface area contributed by atoms with Gasteiger partial charge in [-0.1, -0.05) is 6.92 Å². The number of aromatic nitrogens is 2. The van der Waals surface area contributed by atoms with Gasteiger partial charge in [-0.25, -0.2) is 13.4 Å². The lowest BCUT2D eigenvalue weighted by Crippen LogP contribution is -2.32. The molecule has 0 amide bonds. The van der Waals surface area contributed by atoms with Crippen molar-refractivity contribution in [2.75, 3.05) is 6.26 Å². The summed E-state index contributed by atoms with van der Waals surface area (Å²) in [7, 11) is -3.90. The molecule has 1 rings (SSSR count). The molecule has 0 saturated carbocycles. The first-order chi connectivity index (χ1) is 8.09. The van der Waals surface area contributed by atoms with Gasteiger partial charge in [-0.3, -0.25) is 9.36 Å². The van der Waals surface area contributed by atoms with Crippen LogP contribution in [0.1, 0.15) is 19.2 Å². The third-order valence-electron chi connectivity index (χ3n) is 2.12. The van der Waals surface area contributed by atoms with E-state index in [1.165, 1.54) is 0 Å². The van der Waals surface area contributed by atoms with Gasteiger partial charge in [0.1, 0.15) is 0 Å². The van der Waals surface area contributed by atoms with E-state index in [0.717, 1.165) is 6.26 Å². The predicted molar refractivity (Wildman–Crippen MR) is 56.9 cm³/mol.